The monoisotopic (exact) mass is 402 g/mol. The highest BCUT2D eigenvalue weighted by atomic mass is 35.5. The molecule has 138 valence electrons. The van der Waals surface area contributed by atoms with E-state index in [2.05, 4.69) is 15.6 Å². The number of carbonyl (C=O) groups is 2. The predicted octanol–water partition coefficient (Wildman–Crippen LogP) is 4.47. The normalized spacial score (nSPS) is 10.4. The van der Waals surface area contributed by atoms with Crippen molar-refractivity contribution in [1.29, 1.82) is 0 Å². The van der Waals surface area contributed by atoms with Gasteiger partial charge < -0.3 is 15.2 Å². The molecular formula is C19H16Cl2N4O2. The lowest BCUT2D eigenvalue weighted by molar-refractivity contribution is -0.116. The number of hydrogen-bond donors (Lipinski definition) is 2. The van der Waals surface area contributed by atoms with Gasteiger partial charge in [0.05, 0.1) is 16.4 Å². The fourth-order valence-electron chi connectivity index (χ4n) is 2.39. The molecule has 0 aliphatic heterocycles. The third-order valence-corrected chi connectivity index (χ3v) is 4.48. The predicted molar refractivity (Wildman–Crippen MR) is 106 cm³/mol. The number of amides is 2. The summed E-state index contributed by atoms with van der Waals surface area (Å²) in [6.45, 7) is 0.531. The standard InChI is InChI=1S/C19H16Cl2N4O2/c20-16-5-4-15(11-17(16)21)24-19(27)13-2-1-3-14(10-13)23-18(26)6-8-25-9-7-22-12-25/h1-5,7,9-12H,6,8H2,(H,23,26)(H,24,27). The van der Waals surface area contributed by atoms with Crippen molar-refractivity contribution >= 4 is 46.4 Å². The van der Waals surface area contributed by atoms with Crippen LogP contribution in [-0.4, -0.2) is 21.4 Å². The van der Waals surface area contributed by atoms with E-state index >= 15 is 0 Å². The molecule has 0 saturated carbocycles. The van der Waals surface area contributed by atoms with Crippen molar-refractivity contribution in [3.8, 4) is 0 Å². The number of hydrogen-bond acceptors (Lipinski definition) is 3. The Morgan fingerprint density at radius 3 is 2.56 bits per heavy atom. The van der Waals surface area contributed by atoms with Gasteiger partial charge in [-0.25, -0.2) is 4.98 Å². The lowest BCUT2D eigenvalue weighted by Gasteiger charge is -2.09. The van der Waals surface area contributed by atoms with E-state index in [9.17, 15) is 9.59 Å². The zero-order chi connectivity index (χ0) is 19.2. The van der Waals surface area contributed by atoms with Gasteiger partial charge in [0.25, 0.3) is 5.91 Å². The van der Waals surface area contributed by atoms with Crippen LogP contribution < -0.4 is 10.6 Å². The first-order valence-electron chi connectivity index (χ1n) is 8.13. The van der Waals surface area contributed by atoms with Gasteiger partial charge in [-0.2, -0.15) is 0 Å². The molecule has 0 fully saturated rings. The Morgan fingerprint density at radius 2 is 1.81 bits per heavy atom. The Morgan fingerprint density at radius 1 is 1.00 bits per heavy atom. The van der Waals surface area contributed by atoms with E-state index in [1.807, 2.05) is 4.57 Å². The van der Waals surface area contributed by atoms with Crippen molar-refractivity contribution in [2.75, 3.05) is 10.6 Å². The third kappa shape index (κ3) is 5.32. The molecule has 0 bridgehead atoms. The van der Waals surface area contributed by atoms with Crippen LogP contribution in [-0.2, 0) is 11.3 Å². The molecule has 27 heavy (non-hydrogen) atoms. The van der Waals surface area contributed by atoms with E-state index in [0.717, 1.165) is 0 Å². The number of aromatic nitrogens is 2. The smallest absolute Gasteiger partial charge is 0.255 e. The van der Waals surface area contributed by atoms with Crippen LogP contribution >= 0.6 is 23.2 Å². The van der Waals surface area contributed by atoms with Gasteiger partial charge in [-0.15, -0.1) is 0 Å². The molecule has 6 nitrogen and oxygen atoms in total. The number of nitrogens with one attached hydrogen (secondary N) is 2. The molecular weight excluding hydrogens is 387 g/mol. The van der Waals surface area contributed by atoms with Gasteiger partial charge in [0, 0.05) is 42.3 Å². The Balaban J connectivity index is 1.61. The van der Waals surface area contributed by atoms with Crippen LogP contribution in [0.15, 0.2) is 61.2 Å². The molecule has 0 aliphatic rings. The fraction of sp³-hybridized carbons (Fsp3) is 0.105. The Hall–Kier alpha value is -2.83. The third-order valence-electron chi connectivity index (χ3n) is 3.74. The zero-order valence-corrected chi connectivity index (χ0v) is 15.7. The van der Waals surface area contributed by atoms with E-state index in [-0.39, 0.29) is 11.8 Å². The lowest BCUT2D eigenvalue weighted by atomic mass is 10.1. The number of halogens is 2. The van der Waals surface area contributed by atoms with E-state index in [1.54, 1.807) is 61.2 Å². The van der Waals surface area contributed by atoms with E-state index in [4.69, 9.17) is 23.2 Å². The highest BCUT2D eigenvalue weighted by molar-refractivity contribution is 6.42. The summed E-state index contributed by atoms with van der Waals surface area (Å²) in [7, 11) is 0. The number of benzene rings is 2. The van der Waals surface area contributed by atoms with Crippen LogP contribution in [0, 0.1) is 0 Å². The first kappa shape index (κ1) is 18.9. The minimum atomic E-state index is -0.317. The van der Waals surface area contributed by atoms with E-state index in [0.29, 0.717) is 39.9 Å². The van der Waals surface area contributed by atoms with Crippen molar-refractivity contribution in [2.45, 2.75) is 13.0 Å². The summed E-state index contributed by atoms with van der Waals surface area (Å²) in [5.41, 5.74) is 1.49. The molecule has 8 heteroatoms. The van der Waals surface area contributed by atoms with Crippen LogP contribution in [0.1, 0.15) is 16.8 Å². The van der Waals surface area contributed by atoms with Gasteiger partial charge >= 0.3 is 0 Å². The second-order valence-corrected chi connectivity index (χ2v) is 6.58. The Labute approximate surface area is 166 Å². The number of carbonyl (C=O) groups excluding carboxylic acids is 2. The largest absolute Gasteiger partial charge is 0.337 e. The molecule has 3 rings (SSSR count). The van der Waals surface area contributed by atoms with Crippen molar-refractivity contribution in [3.05, 3.63) is 76.8 Å². The maximum atomic E-state index is 12.4. The van der Waals surface area contributed by atoms with Crippen molar-refractivity contribution in [1.82, 2.24) is 9.55 Å². The molecule has 2 amide bonds. The number of aryl methyl sites for hydroxylation is 1. The molecule has 0 aliphatic carbocycles. The topological polar surface area (TPSA) is 76.0 Å². The second kappa shape index (κ2) is 8.70. The number of anilines is 2. The molecule has 0 radical (unpaired) electrons. The minimum Gasteiger partial charge on any atom is -0.337 e. The molecule has 0 spiro atoms. The van der Waals surface area contributed by atoms with Gasteiger partial charge in [-0.1, -0.05) is 29.3 Å². The average Bonchev–Trinajstić information content (AvgIpc) is 3.17. The summed E-state index contributed by atoms with van der Waals surface area (Å²) < 4.78 is 1.82. The average molecular weight is 403 g/mol. The molecule has 0 atom stereocenters. The van der Waals surface area contributed by atoms with E-state index in [1.165, 1.54) is 0 Å². The van der Waals surface area contributed by atoms with Crippen molar-refractivity contribution in [2.24, 2.45) is 0 Å². The summed E-state index contributed by atoms with van der Waals surface area (Å²) in [6, 6.07) is 11.5. The molecule has 2 N–H and O–H groups in total. The summed E-state index contributed by atoms with van der Waals surface area (Å²) in [5.74, 6) is -0.464. The SMILES string of the molecule is O=C(CCn1ccnc1)Nc1cccc(C(=O)Nc2ccc(Cl)c(Cl)c2)c1. The molecule has 0 unspecified atom stereocenters. The first-order chi connectivity index (χ1) is 13.0. The number of nitrogens with zero attached hydrogens (tertiary/aromatic N) is 2. The van der Waals surface area contributed by atoms with Crippen LogP contribution in [0.2, 0.25) is 10.0 Å². The second-order valence-electron chi connectivity index (χ2n) is 5.76. The maximum absolute atomic E-state index is 12.4. The fourth-order valence-corrected chi connectivity index (χ4v) is 2.69. The highest BCUT2D eigenvalue weighted by Gasteiger charge is 2.10. The quantitative estimate of drug-likeness (QED) is 0.638. The number of imidazole rings is 1. The molecule has 2 aromatic carbocycles. The molecule has 0 saturated heterocycles. The Kier molecular flexibility index (Phi) is 6.11. The van der Waals surface area contributed by atoms with Crippen LogP contribution in [0.4, 0.5) is 11.4 Å². The summed E-state index contributed by atoms with van der Waals surface area (Å²) in [6.07, 6.45) is 5.41. The van der Waals surface area contributed by atoms with E-state index < -0.39 is 0 Å². The number of rotatable bonds is 6. The van der Waals surface area contributed by atoms with Crippen LogP contribution in [0.25, 0.3) is 0 Å². The van der Waals surface area contributed by atoms with Gasteiger partial charge in [0.1, 0.15) is 0 Å². The van der Waals surface area contributed by atoms with Crippen molar-refractivity contribution in [3.63, 3.8) is 0 Å². The van der Waals surface area contributed by atoms with Gasteiger partial charge in [-0.3, -0.25) is 9.59 Å². The molecule has 1 aromatic heterocycles. The Bertz CT molecular complexity index is 958. The molecule has 1 heterocycles. The van der Waals surface area contributed by atoms with Crippen molar-refractivity contribution < 1.29 is 9.59 Å². The van der Waals surface area contributed by atoms with Gasteiger partial charge in [0.15, 0.2) is 0 Å². The van der Waals surface area contributed by atoms with Gasteiger partial charge in [0.2, 0.25) is 5.91 Å². The first-order valence-corrected chi connectivity index (χ1v) is 8.89. The summed E-state index contributed by atoms with van der Waals surface area (Å²) >= 11 is 11.8. The molecule has 3 aromatic rings. The maximum Gasteiger partial charge on any atom is 0.255 e. The minimum absolute atomic E-state index is 0.147. The zero-order valence-electron chi connectivity index (χ0n) is 14.2. The summed E-state index contributed by atoms with van der Waals surface area (Å²) in [4.78, 5) is 28.4. The lowest BCUT2D eigenvalue weighted by Crippen LogP contribution is -2.15. The van der Waals surface area contributed by atoms with Gasteiger partial charge in [-0.05, 0) is 36.4 Å². The van der Waals surface area contributed by atoms with Crippen LogP contribution in [0.3, 0.4) is 0 Å². The highest BCUT2D eigenvalue weighted by Crippen LogP contribution is 2.25. The van der Waals surface area contributed by atoms with Crippen LogP contribution in [0.5, 0.6) is 0 Å². The summed E-state index contributed by atoms with van der Waals surface area (Å²) in [5, 5.41) is 6.30.